The number of carboxylic acids is 1. The van der Waals surface area contributed by atoms with Crippen molar-refractivity contribution in [2.24, 2.45) is 0 Å². The Morgan fingerprint density at radius 3 is 2.81 bits per heavy atom. The van der Waals surface area contributed by atoms with Gasteiger partial charge < -0.3 is 9.67 Å². The van der Waals surface area contributed by atoms with Crippen LogP contribution in [0.15, 0.2) is 18.2 Å². The highest BCUT2D eigenvalue weighted by Gasteiger charge is 2.11. The molecular weight excluding hydrogens is 264 g/mol. The maximum absolute atomic E-state index is 10.7. The van der Waals surface area contributed by atoms with Gasteiger partial charge in [-0.15, -0.1) is 0 Å². The van der Waals surface area contributed by atoms with Crippen LogP contribution >= 0.6 is 0 Å². The number of carboxylic acid groups (broad SMARTS) is 1. The molecular formula is C17H24N2O2. The van der Waals surface area contributed by atoms with Crippen molar-refractivity contribution < 1.29 is 9.90 Å². The number of imidazole rings is 1. The number of hydrogen-bond acceptors (Lipinski definition) is 2. The topological polar surface area (TPSA) is 55.1 Å². The second-order valence-electron chi connectivity index (χ2n) is 5.63. The summed E-state index contributed by atoms with van der Waals surface area (Å²) in [5.41, 5.74) is 3.40. The van der Waals surface area contributed by atoms with Gasteiger partial charge >= 0.3 is 5.97 Å². The third kappa shape index (κ3) is 4.06. The summed E-state index contributed by atoms with van der Waals surface area (Å²) in [5.74, 6) is 0.285. The Bertz CT molecular complexity index is 617. The fourth-order valence-electron chi connectivity index (χ4n) is 2.65. The normalized spacial score (nSPS) is 11.1. The summed E-state index contributed by atoms with van der Waals surface area (Å²) in [6.45, 7) is 5.23. The fraction of sp³-hybridized carbons (Fsp3) is 0.529. The van der Waals surface area contributed by atoms with Crippen molar-refractivity contribution in [3.05, 3.63) is 29.6 Å². The molecule has 4 heteroatoms. The van der Waals surface area contributed by atoms with Crippen molar-refractivity contribution in [3.8, 4) is 0 Å². The number of carbonyl (C=O) groups is 1. The van der Waals surface area contributed by atoms with Crippen LogP contribution < -0.4 is 0 Å². The van der Waals surface area contributed by atoms with E-state index < -0.39 is 5.97 Å². The smallest absolute Gasteiger partial charge is 0.303 e. The Kier molecular flexibility index (Phi) is 5.37. The second-order valence-corrected chi connectivity index (χ2v) is 5.63. The Hall–Kier alpha value is -1.84. The summed E-state index contributed by atoms with van der Waals surface area (Å²) in [6, 6.07) is 6.35. The van der Waals surface area contributed by atoms with E-state index in [0.29, 0.717) is 6.42 Å². The quantitative estimate of drug-likeness (QED) is 0.748. The highest BCUT2D eigenvalue weighted by atomic mass is 16.4. The third-order valence-corrected chi connectivity index (χ3v) is 3.76. The van der Waals surface area contributed by atoms with Crippen molar-refractivity contribution in [1.29, 1.82) is 0 Å². The van der Waals surface area contributed by atoms with Gasteiger partial charge in [-0.2, -0.15) is 0 Å². The largest absolute Gasteiger partial charge is 0.481 e. The lowest BCUT2D eigenvalue weighted by Crippen LogP contribution is -2.05. The number of hydrogen-bond donors (Lipinski definition) is 1. The summed E-state index contributed by atoms with van der Waals surface area (Å²) < 4.78 is 2.27. The number of benzene rings is 1. The van der Waals surface area contributed by atoms with E-state index in [-0.39, 0.29) is 6.42 Å². The minimum Gasteiger partial charge on any atom is -0.481 e. The lowest BCUT2D eigenvalue weighted by molar-refractivity contribution is -0.137. The maximum Gasteiger partial charge on any atom is 0.303 e. The summed E-state index contributed by atoms with van der Waals surface area (Å²) >= 11 is 0. The van der Waals surface area contributed by atoms with Gasteiger partial charge in [0, 0.05) is 19.4 Å². The molecule has 0 saturated heterocycles. The number of fused-ring (bicyclic) bond motifs is 1. The lowest BCUT2D eigenvalue weighted by atomic mass is 10.2. The number of rotatable bonds is 8. The summed E-state index contributed by atoms with van der Waals surface area (Å²) in [5, 5.41) is 8.78. The van der Waals surface area contributed by atoms with Crippen LogP contribution in [0.5, 0.6) is 0 Å². The van der Waals surface area contributed by atoms with Crippen LogP contribution in [-0.4, -0.2) is 20.6 Å². The minimum absolute atomic E-state index is 0.206. The molecule has 0 unspecified atom stereocenters. The Morgan fingerprint density at radius 1 is 1.29 bits per heavy atom. The van der Waals surface area contributed by atoms with Crippen LogP contribution in [0.25, 0.3) is 11.0 Å². The van der Waals surface area contributed by atoms with Gasteiger partial charge in [0.05, 0.1) is 11.0 Å². The second kappa shape index (κ2) is 7.25. The number of aromatic nitrogens is 2. The molecule has 4 nitrogen and oxygen atoms in total. The molecule has 2 rings (SSSR count). The zero-order valence-corrected chi connectivity index (χ0v) is 12.9. The molecule has 0 atom stereocenters. The first-order chi connectivity index (χ1) is 10.1. The van der Waals surface area contributed by atoms with Crippen LogP contribution in [0.4, 0.5) is 0 Å². The van der Waals surface area contributed by atoms with Crippen LogP contribution in [0.2, 0.25) is 0 Å². The van der Waals surface area contributed by atoms with E-state index >= 15 is 0 Å². The van der Waals surface area contributed by atoms with Crippen molar-refractivity contribution >= 4 is 17.0 Å². The molecule has 0 aliphatic carbocycles. The molecule has 0 bridgehead atoms. The zero-order chi connectivity index (χ0) is 15.2. The number of aliphatic carboxylic acids is 1. The summed E-state index contributed by atoms with van der Waals surface area (Å²) in [6.07, 6.45) is 5.12. The molecule has 1 heterocycles. The van der Waals surface area contributed by atoms with Crippen molar-refractivity contribution in [2.45, 2.75) is 58.9 Å². The molecule has 0 fully saturated rings. The molecule has 1 aromatic carbocycles. The zero-order valence-electron chi connectivity index (χ0n) is 12.9. The number of nitrogens with zero attached hydrogens (tertiary/aromatic N) is 2. The van der Waals surface area contributed by atoms with Gasteiger partial charge in [-0.25, -0.2) is 4.98 Å². The van der Waals surface area contributed by atoms with E-state index in [1.165, 1.54) is 23.9 Å². The Labute approximate surface area is 125 Å². The van der Waals surface area contributed by atoms with E-state index in [0.717, 1.165) is 30.7 Å². The molecule has 1 N–H and O–H groups in total. The van der Waals surface area contributed by atoms with Gasteiger partial charge in [-0.1, -0.05) is 25.8 Å². The van der Waals surface area contributed by atoms with Crippen molar-refractivity contribution in [3.63, 3.8) is 0 Å². The molecule has 0 amide bonds. The standard InChI is InChI=1S/C17H24N2O2/c1-3-4-5-11-19-15-10-9-13(2)12-14(15)18-16(19)7-6-8-17(20)21/h9-10,12H,3-8,11H2,1-2H3,(H,20,21). The van der Waals surface area contributed by atoms with Crippen LogP contribution in [0.3, 0.4) is 0 Å². The average Bonchev–Trinajstić information content (AvgIpc) is 2.76. The molecule has 0 radical (unpaired) electrons. The van der Waals surface area contributed by atoms with E-state index in [9.17, 15) is 4.79 Å². The van der Waals surface area contributed by atoms with E-state index in [2.05, 4.69) is 36.6 Å². The SMILES string of the molecule is CCCCCn1c(CCCC(=O)O)nc2cc(C)ccc21. The first kappa shape index (κ1) is 15.5. The average molecular weight is 288 g/mol. The van der Waals surface area contributed by atoms with E-state index in [1.807, 2.05) is 0 Å². The molecule has 0 spiro atoms. The molecule has 21 heavy (non-hydrogen) atoms. The molecule has 2 aromatic rings. The van der Waals surface area contributed by atoms with Crippen molar-refractivity contribution in [1.82, 2.24) is 9.55 Å². The van der Waals surface area contributed by atoms with E-state index in [1.54, 1.807) is 0 Å². The summed E-state index contributed by atoms with van der Waals surface area (Å²) in [7, 11) is 0. The van der Waals surface area contributed by atoms with E-state index in [4.69, 9.17) is 10.1 Å². The lowest BCUT2D eigenvalue weighted by Gasteiger charge is -2.08. The molecule has 0 saturated carbocycles. The van der Waals surface area contributed by atoms with Gasteiger partial charge in [0.25, 0.3) is 0 Å². The van der Waals surface area contributed by atoms with Gasteiger partial charge in [0.1, 0.15) is 5.82 Å². The minimum atomic E-state index is -0.737. The van der Waals surface area contributed by atoms with Gasteiger partial charge in [-0.3, -0.25) is 4.79 Å². The van der Waals surface area contributed by atoms with Crippen LogP contribution in [-0.2, 0) is 17.8 Å². The van der Waals surface area contributed by atoms with Crippen LogP contribution in [0.1, 0.15) is 50.4 Å². The summed E-state index contributed by atoms with van der Waals surface area (Å²) in [4.78, 5) is 15.4. The molecule has 0 aliphatic heterocycles. The predicted octanol–water partition coefficient (Wildman–Crippen LogP) is 3.94. The predicted molar refractivity (Wildman–Crippen MR) is 84.6 cm³/mol. The third-order valence-electron chi connectivity index (χ3n) is 3.76. The first-order valence-electron chi connectivity index (χ1n) is 7.79. The van der Waals surface area contributed by atoms with Gasteiger partial charge in [-0.05, 0) is 37.5 Å². The molecule has 0 aliphatic rings. The molecule has 1 aromatic heterocycles. The highest BCUT2D eigenvalue weighted by molar-refractivity contribution is 5.77. The monoisotopic (exact) mass is 288 g/mol. The Morgan fingerprint density at radius 2 is 2.10 bits per heavy atom. The number of unbranched alkanes of at least 4 members (excludes halogenated alkanes) is 2. The number of aryl methyl sites for hydroxylation is 3. The van der Waals surface area contributed by atoms with Crippen molar-refractivity contribution in [2.75, 3.05) is 0 Å². The first-order valence-corrected chi connectivity index (χ1v) is 7.79. The Balaban J connectivity index is 2.23. The maximum atomic E-state index is 10.7. The molecule has 114 valence electrons. The van der Waals surface area contributed by atoms with Crippen LogP contribution in [0, 0.1) is 6.92 Å². The van der Waals surface area contributed by atoms with Gasteiger partial charge in [0.2, 0.25) is 0 Å². The van der Waals surface area contributed by atoms with Gasteiger partial charge in [0.15, 0.2) is 0 Å². The fourth-order valence-corrected chi connectivity index (χ4v) is 2.65. The highest BCUT2D eigenvalue weighted by Crippen LogP contribution is 2.20.